The summed E-state index contributed by atoms with van der Waals surface area (Å²) in [7, 11) is -1.56. The normalized spacial score (nSPS) is 11.5. The highest BCUT2D eigenvalue weighted by molar-refractivity contribution is 7.91. The van der Waals surface area contributed by atoms with Crippen molar-refractivity contribution in [2.75, 3.05) is 14.1 Å². The van der Waals surface area contributed by atoms with E-state index in [1.165, 1.54) is 14.1 Å². The minimum absolute atomic E-state index is 0.348. The average molecular weight is 350 g/mol. The van der Waals surface area contributed by atoms with Gasteiger partial charge >= 0.3 is 6.03 Å². The van der Waals surface area contributed by atoms with E-state index in [1.807, 2.05) is 0 Å². The molecule has 0 spiro atoms. The molecule has 2 rings (SSSR count). The van der Waals surface area contributed by atoms with Crippen LogP contribution in [0.4, 0.5) is 13.6 Å². The number of hydrogen-bond acceptors (Lipinski definition) is 4. The highest BCUT2D eigenvalue weighted by Crippen LogP contribution is 2.28. The van der Waals surface area contributed by atoms with Crippen molar-refractivity contribution in [1.29, 1.82) is 0 Å². The van der Waals surface area contributed by atoms with Crippen LogP contribution in [0.15, 0.2) is 34.3 Å². The Kier molecular flexibility index (Phi) is 4.21. The maximum atomic E-state index is 13.7. The van der Waals surface area contributed by atoms with Gasteiger partial charge in [-0.2, -0.15) is 9.78 Å². The van der Waals surface area contributed by atoms with Crippen molar-refractivity contribution in [3.05, 3.63) is 41.1 Å². The number of benzene rings is 1. The molecule has 1 heterocycles. The number of amides is 1. The molecule has 118 valence electrons. The summed E-state index contributed by atoms with van der Waals surface area (Å²) in [5.74, 6) is -2.19. The van der Waals surface area contributed by atoms with E-state index >= 15 is 0 Å². The molecular weight excluding hydrogens is 340 g/mol. The van der Waals surface area contributed by atoms with Gasteiger partial charge < -0.3 is 4.90 Å². The standard InChI is InChI=1S/C12H10ClF2N3O3S/c1-17(2)12(19)18-6-8(13)11(16-18)22(20,21)10-4-3-7(14)5-9(10)15/h3-6H,1-2H3. The Morgan fingerprint density at radius 3 is 2.50 bits per heavy atom. The molecule has 22 heavy (non-hydrogen) atoms. The fourth-order valence-corrected chi connectivity index (χ4v) is 3.33. The molecule has 0 aliphatic rings. The topological polar surface area (TPSA) is 72.3 Å². The SMILES string of the molecule is CN(C)C(=O)n1cc(Cl)c(S(=O)(=O)c2ccc(F)cc2F)n1. The summed E-state index contributed by atoms with van der Waals surface area (Å²) < 4.78 is 52.0. The second kappa shape index (κ2) is 5.65. The molecule has 6 nitrogen and oxygen atoms in total. The van der Waals surface area contributed by atoms with E-state index in [9.17, 15) is 22.0 Å². The predicted molar refractivity (Wildman–Crippen MR) is 73.5 cm³/mol. The first-order chi connectivity index (χ1) is 10.1. The van der Waals surface area contributed by atoms with E-state index in [0.717, 1.165) is 27.9 Å². The van der Waals surface area contributed by atoms with E-state index in [-0.39, 0.29) is 5.02 Å². The van der Waals surface area contributed by atoms with Gasteiger partial charge in [0.05, 0.1) is 11.2 Å². The van der Waals surface area contributed by atoms with Gasteiger partial charge in [0.1, 0.15) is 16.5 Å². The molecule has 10 heteroatoms. The molecular formula is C12H10ClF2N3O3S. The number of rotatable bonds is 2. The Morgan fingerprint density at radius 2 is 1.95 bits per heavy atom. The van der Waals surface area contributed by atoms with Crippen LogP contribution in [0.25, 0.3) is 0 Å². The molecule has 0 saturated carbocycles. The fourth-order valence-electron chi connectivity index (χ4n) is 1.62. The first-order valence-corrected chi connectivity index (χ1v) is 7.67. The van der Waals surface area contributed by atoms with E-state index in [2.05, 4.69) is 5.10 Å². The summed E-state index contributed by atoms with van der Waals surface area (Å²) in [5, 5.41) is 2.55. The Balaban J connectivity index is 2.57. The van der Waals surface area contributed by atoms with E-state index in [0.29, 0.717) is 6.07 Å². The Morgan fingerprint density at radius 1 is 1.32 bits per heavy atom. The summed E-state index contributed by atoms with van der Waals surface area (Å²) in [6.07, 6.45) is 0.998. The predicted octanol–water partition coefficient (Wildman–Crippen LogP) is 2.18. The third-order valence-corrected chi connectivity index (χ3v) is 4.76. The first-order valence-electron chi connectivity index (χ1n) is 5.81. The van der Waals surface area contributed by atoms with Gasteiger partial charge in [0.15, 0.2) is 0 Å². The molecule has 0 N–H and O–H groups in total. The van der Waals surface area contributed by atoms with Crippen molar-refractivity contribution >= 4 is 27.5 Å². The molecule has 0 fully saturated rings. The van der Waals surface area contributed by atoms with Gasteiger partial charge in [0.25, 0.3) is 0 Å². The monoisotopic (exact) mass is 349 g/mol. The largest absolute Gasteiger partial charge is 0.344 e. The zero-order valence-corrected chi connectivity index (χ0v) is 13.0. The highest BCUT2D eigenvalue weighted by Gasteiger charge is 2.29. The lowest BCUT2D eigenvalue weighted by atomic mass is 10.3. The van der Waals surface area contributed by atoms with Crippen LogP contribution in [0.3, 0.4) is 0 Å². The molecule has 0 radical (unpaired) electrons. The second-order valence-electron chi connectivity index (χ2n) is 4.48. The molecule has 1 aromatic heterocycles. The van der Waals surface area contributed by atoms with Gasteiger partial charge in [0.2, 0.25) is 14.9 Å². The van der Waals surface area contributed by atoms with Crippen LogP contribution in [0.2, 0.25) is 5.02 Å². The zero-order chi connectivity index (χ0) is 16.7. The van der Waals surface area contributed by atoms with Crippen molar-refractivity contribution in [2.45, 2.75) is 9.92 Å². The van der Waals surface area contributed by atoms with Crippen molar-refractivity contribution in [1.82, 2.24) is 14.7 Å². The van der Waals surface area contributed by atoms with Crippen LogP contribution >= 0.6 is 11.6 Å². The molecule has 1 aromatic carbocycles. The Bertz CT molecular complexity index is 849. The van der Waals surface area contributed by atoms with Crippen LogP contribution in [0.5, 0.6) is 0 Å². The van der Waals surface area contributed by atoms with E-state index in [1.54, 1.807) is 0 Å². The van der Waals surface area contributed by atoms with E-state index < -0.39 is 37.4 Å². The van der Waals surface area contributed by atoms with Gasteiger partial charge in [-0.05, 0) is 12.1 Å². The fraction of sp³-hybridized carbons (Fsp3) is 0.167. The Hall–Kier alpha value is -2.00. The maximum absolute atomic E-state index is 13.7. The number of nitrogens with zero attached hydrogens (tertiary/aromatic N) is 3. The summed E-state index contributed by atoms with van der Waals surface area (Å²) in [5.41, 5.74) is 0. The third-order valence-electron chi connectivity index (χ3n) is 2.66. The third kappa shape index (κ3) is 2.81. The summed E-state index contributed by atoms with van der Waals surface area (Å²) in [4.78, 5) is 12.1. The van der Waals surface area contributed by atoms with Crippen LogP contribution in [0.1, 0.15) is 0 Å². The quantitative estimate of drug-likeness (QED) is 0.779. The van der Waals surface area contributed by atoms with Gasteiger partial charge in [-0.3, -0.25) is 0 Å². The van der Waals surface area contributed by atoms with Crippen LogP contribution in [0, 0.1) is 11.6 Å². The number of hydrogen-bond donors (Lipinski definition) is 0. The number of aromatic nitrogens is 2. The second-order valence-corrected chi connectivity index (χ2v) is 6.72. The minimum Gasteiger partial charge on any atom is -0.329 e. The summed E-state index contributed by atoms with van der Waals surface area (Å²) >= 11 is 5.78. The van der Waals surface area contributed by atoms with Gasteiger partial charge in [-0.25, -0.2) is 22.0 Å². The Labute approximate surface area is 129 Å². The zero-order valence-electron chi connectivity index (χ0n) is 11.4. The molecule has 0 atom stereocenters. The highest BCUT2D eigenvalue weighted by atomic mass is 35.5. The van der Waals surface area contributed by atoms with E-state index in [4.69, 9.17) is 11.6 Å². The molecule has 0 bridgehead atoms. The van der Waals surface area contributed by atoms with Crippen molar-refractivity contribution in [3.8, 4) is 0 Å². The lowest BCUT2D eigenvalue weighted by Crippen LogP contribution is -2.27. The average Bonchev–Trinajstić information content (AvgIpc) is 2.80. The summed E-state index contributed by atoms with van der Waals surface area (Å²) in [6, 6.07) is 1.36. The molecule has 1 amide bonds. The molecule has 0 aliphatic heterocycles. The van der Waals surface area contributed by atoms with Crippen LogP contribution in [-0.4, -0.2) is 43.2 Å². The van der Waals surface area contributed by atoms with Crippen molar-refractivity contribution in [3.63, 3.8) is 0 Å². The van der Waals surface area contributed by atoms with Gasteiger partial charge in [-0.15, -0.1) is 0 Å². The number of carbonyl (C=O) groups is 1. The molecule has 0 unspecified atom stereocenters. The molecule has 0 aliphatic carbocycles. The van der Waals surface area contributed by atoms with Gasteiger partial charge in [-0.1, -0.05) is 11.6 Å². The summed E-state index contributed by atoms with van der Waals surface area (Å²) in [6.45, 7) is 0. The lowest BCUT2D eigenvalue weighted by molar-refractivity contribution is 0.215. The maximum Gasteiger partial charge on any atom is 0.344 e. The van der Waals surface area contributed by atoms with Crippen molar-refractivity contribution < 1.29 is 22.0 Å². The first kappa shape index (κ1) is 16.4. The van der Waals surface area contributed by atoms with Crippen LogP contribution < -0.4 is 0 Å². The number of halogens is 3. The number of carbonyl (C=O) groups excluding carboxylic acids is 1. The van der Waals surface area contributed by atoms with Crippen LogP contribution in [-0.2, 0) is 9.84 Å². The lowest BCUT2D eigenvalue weighted by Gasteiger charge is -2.08. The molecule has 2 aromatic rings. The minimum atomic E-state index is -4.43. The molecule has 0 saturated heterocycles. The van der Waals surface area contributed by atoms with Crippen molar-refractivity contribution in [2.24, 2.45) is 0 Å². The number of sulfone groups is 1. The smallest absolute Gasteiger partial charge is 0.329 e. The van der Waals surface area contributed by atoms with Gasteiger partial charge in [0, 0.05) is 20.2 Å².